The summed E-state index contributed by atoms with van der Waals surface area (Å²) in [4.78, 5) is 36.9. The Morgan fingerprint density at radius 2 is 1.86 bits per heavy atom. The first-order valence-corrected chi connectivity index (χ1v) is 12.8. The number of carbonyl (C=O) groups excluding carboxylic acids is 2. The summed E-state index contributed by atoms with van der Waals surface area (Å²) in [5.41, 5.74) is -2.78. The van der Waals surface area contributed by atoms with E-state index >= 15 is 0 Å². The molecule has 2 aliphatic carbocycles. The van der Waals surface area contributed by atoms with Crippen molar-refractivity contribution in [2.24, 2.45) is 17.3 Å². The predicted molar refractivity (Wildman–Crippen MR) is 127 cm³/mol. The molecule has 196 valence electrons. The fourth-order valence-electron chi connectivity index (χ4n) is 6.24. The van der Waals surface area contributed by atoms with Gasteiger partial charge in [0.25, 0.3) is 0 Å². The molecular weight excluding hydrogens is 454 g/mol. The molecule has 3 aliphatic rings. The number of hydrogen-bond acceptors (Lipinski definition) is 8. The number of hydrogen-bond donors (Lipinski definition) is 6. The fraction of sp³-hybridized carbons (Fsp3) is 0.731. The molecule has 1 saturated heterocycles. The first-order valence-electron chi connectivity index (χ1n) is 12.8. The van der Waals surface area contributed by atoms with Crippen molar-refractivity contribution in [2.45, 2.75) is 95.0 Å². The van der Waals surface area contributed by atoms with Gasteiger partial charge in [-0.25, -0.2) is 0 Å². The zero-order valence-corrected chi connectivity index (χ0v) is 20.4. The SMILES string of the molecule is CC/C=C\C[C@@H]1[C@H](O)[C@@H](C(=O)[C@H](O)CCCCCCCC(=O)O)C2(O)CC13C(=CC2=O)NC[C@@H]3O. The van der Waals surface area contributed by atoms with Crippen LogP contribution in [0.2, 0.25) is 0 Å². The van der Waals surface area contributed by atoms with Gasteiger partial charge in [-0.05, 0) is 32.1 Å². The van der Waals surface area contributed by atoms with Gasteiger partial charge < -0.3 is 30.8 Å². The highest BCUT2D eigenvalue weighted by Gasteiger charge is 2.69. The third kappa shape index (κ3) is 5.23. The summed E-state index contributed by atoms with van der Waals surface area (Å²) in [7, 11) is 0. The van der Waals surface area contributed by atoms with E-state index in [0.29, 0.717) is 31.4 Å². The maximum Gasteiger partial charge on any atom is 0.303 e. The second-order valence-corrected chi connectivity index (χ2v) is 10.3. The van der Waals surface area contributed by atoms with E-state index in [4.69, 9.17) is 5.11 Å². The first kappa shape index (κ1) is 27.5. The second-order valence-electron chi connectivity index (χ2n) is 10.3. The summed E-state index contributed by atoms with van der Waals surface area (Å²) in [5, 5.41) is 56.2. The summed E-state index contributed by atoms with van der Waals surface area (Å²) >= 11 is 0. The number of carbonyl (C=O) groups is 3. The lowest BCUT2D eigenvalue weighted by molar-refractivity contribution is -0.199. The van der Waals surface area contributed by atoms with E-state index in [1.165, 1.54) is 6.08 Å². The van der Waals surface area contributed by atoms with Crippen molar-refractivity contribution < 1.29 is 39.9 Å². The number of aliphatic carboxylic acids is 1. The van der Waals surface area contributed by atoms with Crippen LogP contribution >= 0.6 is 0 Å². The molecule has 1 spiro atoms. The molecule has 0 radical (unpaired) electrons. The highest BCUT2D eigenvalue weighted by molar-refractivity contribution is 6.04. The number of aliphatic hydroxyl groups is 4. The molecule has 1 aliphatic heterocycles. The predicted octanol–water partition coefficient (Wildman–Crippen LogP) is 1.23. The Morgan fingerprint density at radius 3 is 2.54 bits per heavy atom. The Bertz CT molecular complexity index is 869. The molecule has 3 rings (SSSR count). The quantitative estimate of drug-likeness (QED) is 0.163. The van der Waals surface area contributed by atoms with Crippen molar-refractivity contribution in [3.05, 3.63) is 23.9 Å². The number of carboxylic acids is 1. The molecule has 2 fully saturated rings. The fourth-order valence-corrected chi connectivity index (χ4v) is 6.24. The molecule has 0 aromatic rings. The summed E-state index contributed by atoms with van der Waals surface area (Å²) in [6.07, 6.45) is 5.77. The lowest BCUT2D eigenvalue weighted by atomic mass is 9.49. The lowest BCUT2D eigenvalue weighted by Gasteiger charge is -2.56. The second kappa shape index (κ2) is 11.3. The van der Waals surface area contributed by atoms with Crippen LogP contribution < -0.4 is 5.32 Å². The van der Waals surface area contributed by atoms with Gasteiger partial charge in [0, 0.05) is 36.1 Å². The number of carboxylic acid groups (broad SMARTS) is 1. The van der Waals surface area contributed by atoms with Crippen LogP contribution in [0.4, 0.5) is 0 Å². The summed E-state index contributed by atoms with van der Waals surface area (Å²) in [5.74, 6) is -4.39. The van der Waals surface area contributed by atoms with E-state index in [2.05, 4.69) is 5.32 Å². The molecule has 35 heavy (non-hydrogen) atoms. The minimum absolute atomic E-state index is 0.115. The van der Waals surface area contributed by atoms with Gasteiger partial charge in [-0.3, -0.25) is 14.4 Å². The molecule has 0 aromatic carbocycles. The maximum absolute atomic E-state index is 13.3. The van der Waals surface area contributed by atoms with Gasteiger partial charge in [-0.1, -0.05) is 44.8 Å². The van der Waals surface area contributed by atoms with E-state index in [1.54, 1.807) is 0 Å². The van der Waals surface area contributed by atoms with Crippen LogP contribution in [0.1, 0.15) is 71.1 Å². The highest BCUT2D eigenvalue weighted by Crippen LogP contribution is 2.59. The molecule has 1 heterocycles. The highest BCUT2D eigenvalue weighted by atomic mass is 16.4. The standard InChI is InChI=1S/C26H39NO8/c1-2-3-7-10-16-23(33)22(24(34)17(28)11-8-5-4-6-9-12-21(31)32)26(35)15-25(16)18(13-19(26)29)27-14-20(25)30/h3,7,13,16-17,20,22-23,27-28,30,33,35H,2,4-6,8-12,14-15H2,1H3,(H,31,32)/b7-3-/t16-,17-,20+,22+,23+,25?,26?/m1/s1. The Morgan fingerprint density at radius 1 is 1.17 bits per heavy atom. The lowest BCUT2D eigenvalue weighted by Crippen LogP contribution is -2.69. The first-order chi connectivity index (χ1) is 16.6. The number of ketones is 2. The molecule has 9 nitrogen and oxygen atoms in total. The maximum atomic E-state index is 13.3. The number of rotatable bonds is 13. The molecule has 6 N–H and O–H groups in total. The van der Waals surface area contributed by atoms with Crippen molar-refractivity contribution in [1.82, 2.24) is 5.32 Å². The van der Waals surface area contributed by atoms with Gasteiger partial charge in [-0.15, -0.1) is 0 Å². The minimum Gasteiger partial charge on any atom is -0.481 e. The number of fused-ring (bicyclic) bond motifs is 1. The topological polar surface area (TPSA) is 164 Å². The Hall–Kier alpha value is -2.07. The van der Waals surface area contributed by atoms with Crippen molar-refractivity contribution in [2.75, 3.05) is 6.54 Å². The van der Waals surface area contributed by atoms with Crippen LogP contribution in [0.15, 0.2) is 23.9 Å². The third-order valence-corrected chi connectivity index (χ3v) is 8.07. The normalized spacial score (nSPS) is 34.9. The molecule has 7 atom stereocenters. The summed E-state index contributed by atoms with van der Waals surface area (Å²) in [6, 6.07) is 0. The van der Waals surface area contributed by atoms with Crippen LogP contribution in [0, 0.1) is 17.3 Å². The Balaban J connectivity index is 1.75. The van der Waals surface area contributed by atoms with Crippen LogP contribution in [0.5, 0.6) is 0 Å². The molecule has 0 aromatic heterocycles. The third-order valence-electron chi connectivity index (χ3n) is 8.07. The summed E-state index contributed by atoms with van der Waals surface area (Å²) < 4.78 is 0. The smallest absolute Gasteiger partial charge is 0.303 e. The number of nitrogens with one attached hydrogen (secondary N) is 1. The van der Waals surface area contributed by atoms with Gasteiger partial charge in [-0.2, -0.15) is 0 Å². The van der Waals surface area contributed by atoms with Crippen LogP contribution in [-0.4, -0.2) is 73.5 Å². The number of aliphatic hydroxyl groups excluding tert-OH is 3. The average molecular weight is 494 g/mol. The number of Topliss-reactive ketones (excluding diaryl/α,β-unsaturated/α-hetero) is 1. The van der Waals surface area contributed by atoms with E-state index in [0.717, 1.165) is 19.3 Å². The van der Waals surface area contributed by atoms with E-state index < -0.39 is 58.7 Å². The van der Waals surface area contributed by atoms with Gasteiger partial charge in [0.1, 0.15) is 11.7 Å². The zero-order valence-electron chi connectivity index (χ0n) is 20.4. The van der Waals surface area contributed by atoms with Gasteiger partial charge in [0.05, 0.1) is 18.1 Å². The average Bonchev–Trinajstić information content (AvgIpc) is 3.10. The number of unbranched alkanes of at least 4 members (excludes halogenated alkanes) is 4. The van der Waals surface area contributed by atoms with Crippen molar-refractivity contribution >= 4 is 17.5 Å². The zero-order chi connectivity index (χ0) is 25.8. The molecule has 1 saturated carbocycles. The van der Waals surface area contributed by atoms with Crippen LogP contribution in [0.3, 0.4) is 0 Å². The van der Waals surface area contributed by atoms with Crippen LogP contribution in [0.25, 0.3) is 0 Å². The molecule has 9 heteroatoms. The molecule has 2 bridgehead atoms. The van der Waals surface area contributed by atoms with Gasteiger partial charge in [0.15, 0.2) is 11.6 Å². The van der Waals surface area contributed by atoms with E-state index in [-0.39, 0.29) is 25.8 Å². The van der Waals surface area contributed by atoms with Gasteiger partial charge in [0.2, 0.25) is 0 Å². The number of β-amino-alcohol motifs (C(OH)–C–C–N with tert-alkyl or cyclic N) is 1. The van der Waals surface area contributed by atoms with Gasteiger partial charge >= 0.3 is 5.97 Å². The van der Waals surface area contributed by atoms with E-state index in [1.807, 2.05) is 19.1 Å². The Kier molecular flexibility index (Phi) is 8.91. The Labute approximate surface area is 205 Å². The van der Waals surface area contributed by atoms with Crippen LogP contribution in [-0.2, 0) is 14.4 Å². The molecular formula is C26H39NO8. The molecule has 0 amide bonds. The number of allylic oxidation sites excluding steroid dienone is 2. The minimum atomic E-state index is -2.20. The monoisotopic (exact) mass is 493 g/mol. The van der Waals surface area contributed by atoms with Crippen molar-refractivity contribution in [3.63, 3.8) is 0 Å². The van der Waals surface area contributed by atoms with Crippen molar-refractivity contribution in [3.8, 4) is 0 Å². The summed E-state index contributed by atoms with van der Waals surface area (Å²) in [6.45, 7) is 2.15. The largest absolute Gasteiger partial charge is 0.481 e. The van der Waals surface area contributed by atoms with Crippen molar-refractivity contribution in [1.29, 1.82) is 0 Å². The van der Waals surface area contributed by atoms with E-state index in [9.17, 15) is 34.8 Å². The molecule has 2 unspecified atom stereocenters.